The van der Waals surface area contributed by atoms with Gasteiger partial charge >= 0.3 is 0 Å². The van der Waals surface area contributed by atoms with Gasteiger partial charge in [0.2, 0.25) is 0 Å². The molecule has 0 saturated heterocycles. The first kappa shape index (κ1) is 13.2. The van der Waals surface area contributed by atoms with Gasteiger partial charge in [-0.2, -0.15) is 0 Å². The summed E-state index contributed by atoms with van der Waals surface area (Å²) in [7, 11) is 0. The van der Waals surface area contributed by atoms with Gasteiger partial charge in [-0.1, -0.05) is 52.8 Å². The quantitative estimate of drug-likeness (QED) is 0.825. The Morgan fingerprint density at radius 3 is 2.25 bits per heavy atom. The molecule has 16 heavy (non-hydrogen) atoms. The van der Waals surface area contributed by atoms with Gasteiger partial charge in [-0.3, -0.25) is 0 Å². The number of benzene rings is 1. The molecule has 0 amide bonds. The zero-order chi connectivity index (χ0) is 12.3. The fraction of sp³-hybridized carbons (Fsp3) is 0.533. The zero-order valence-electron chi connectivity index (χ0n) is 11.1. The van der Waals surface area contributed by atoms with Crippen LogP contribution >= 0.6 is 0 Å². The second kappa shape index (κ2) is 5.01. The third-order valence-corrected chi connectivity index (χ3v) is 3.00. The van der Waals surface area contributed by atoms with Crippen LogP contribution in [-0.2, 0) is 11.8 Å². The Kier molecular flexibility index (Phi) is 4.15. The Hall–Kier alpha value is -0.820. The van der Waals surface area contributed by atoms with Crippen LogP contribution in [0.5, 0.6) is 0 Å². The molecular formula is C15H23O. The molecule has 0 fully saturated rings. The van der Waals surface area contributed by atoms with Crippen LogP contribution in [0.4, 0.5) is 0 Å². The van der Waals surface area contributed by atoms with E-state index in [4.69, 9.17) is 0 Å². The van der Waals surface area contributed by atoms with E-state index in [1.165, 1.54) is 16.7 Å². The molecule has 0 saturated carbocycles. The first-order valence-electron chi connectivity index (χ1n) is 5.96. The third kappa shape index (κ3) is 3.08. The van der Waals surface area contributed by atoms with Gasteiger partial charge in [0.1, 0.15) is 0 Å². The second-order valence-corrected chi connectivity index (χ2v) is 5.46. The molecule has 0 aliphatic rings. The predicted octanol–water partition coefficient (Wildman–Crippen LogP) is 3.48. The van der Waals surface area contributed by atoms with Crippen LogP contribution in [0.1, 0.15) is 51.3 Å². The van der Waals surface area contributed by atoms with Crippen molar-refractivity contribution in [3.63, 3.8) is 0 Å². The number of aliphatic hydroxyl groups is 1. The molecule has 0 aliphatic carbocycles. The molecule has 0 heterocycles. The van der Waals surface area contributed by atoms with E-state index in [0.717, 1.165) is 12.3 Å². The van der Waals surface area contributed by atoms with Crippen molar-refractivity contribution >= 4 is 0 Å². The van der Waals surface area contributed by atoms with Crippen molar-refractivity contribution in [2.24, 2.45) is 0 Å². The highest BCUT2D eigenvalue weighted by atomic mass is 16.3. The predicted molar refractivity (Wildman–Crippen MR) is 69.6 cm³/mol. The maximum absolute atomic E-state index is 9.21. The van der Waals surface area contributed by atoms with Gasteiger partial charge < -0.3 is 5.11 Å². The molecule has 1 heteroatoms. The van der Waals surface area contributed by atoms with Crippen molar-refractivity contribution in [1.82, 2.24) is 0 Å². The van der Waals surface area contributed by atoms with Gasteiger partial charge in [-0.15, -0.1) is 0 Å². The van der Waals surface area contributed by atoms with Crippen molar-refractivity contribution in [3.05, 3.63) is 40.8 Å². The number of aryl methyl sites for hydroxylation is 1. The van der Waals surface area contributed by atoms with Crippen molar-refractivity contribution in [2.75, 3.05) is 6.61 Å². The average Bonchev–Trinajstić information content (AvgIpc) is 2.26. The van der Waals surface area contributed by atoms with E-state index in [9.17, 15) is 5.11 Å². The fourth-order valence-corrected chi connectivity index (χ4v) is 1.67. The smallest absolute Gasteiger partial charge is 0.0534 e. The molecule has 0 aliphatic heterocycles. The molecule has 1 nitrogen and oxygen atoms in total. The lowest BCUT2D eigenvalue weighted by molar-refractivity contribution is 0.315. The fourth-order valence-electron chi connectivity index (χ4n) is 1.67. The van der Waals surface area contributed by atoms with Crippen molar-refractivity contribution in [1.29, 1.82) is 0 Å². The number of rotatable bonds is 3. The number of aliphatic hydroxyl groups excluding tert-OH is 1. The molecular weight excluding hydrogens is 196 g/mol. The standard InChI is InChI=1S/C15H23O/c1-6-12-7-13(11(2)10-16)9-14(8-12)15(3,4)5/h7-9,16H,6,10H2,1-5H3. The van der Waals surface area contributed by atoms with E-state index in [1.54, 1.807) is 0 Å². The molecule has 1 rings (SSSR count). The lowest BCUT2D eigenvalue weighted by Gasteiger charge is -2.22. The van der Waals surface area contributed by atoms with Crippen LogP contribution in [0.15, 0.2) is 18.2 Å². The van der Waals surface area contributed by atoms with Crippen molar-refractivity contribution < 1.29 is 5.11 Å². The Labute approximate surface area is 99.5 Å². The minimum atomic E-state index is 0.136. The van der Waals surface area contributed by atoms with Gasteiger partial charge in [0.05, 0.1) is 6.61 Å². The summed E-state index contributed by atoms with van der Waals surface area (Å²) >= 11 is 0. The molecule has 0 unspecified atom stereocenters. The molecule has 0 aromatic heterocycles. The van der Waals surface area contributed by atoms with E-state index >= 15 is 0 Å². The van der Waals surface area contributed by atoms with Gasteiger partial charge in [0.25, 0.3) is 0 Å². The summed E-state index contributed by atoms with van der Waals surface area (Å²) in [6.45, 7) is 11.0. The Morgan fingerprint density at radius 1 is 1.19 bits per heavy atom. The van der Waals surface area contributed by atoms with Gasteiger partial charge in [0.15, 0.2) is 0 Å². The monoisotopic (exact) mass is 219 g/mol. The molecule has 1 aromatic rings. The summed E-state index contributed by atoms with van der Waals surface area (Å²) in [5, 5.41) is 9.21. The van der Waals surface area contributed by atoms with Crippen LogP contribution < -0.4 is 0 Å². The SMILES string of the molecule is CCc1cc([C](C)CO)cc(C(C)(C)C)c1. The molecule has 1 radical (unpaired) electrons. The summed E-state index contributed by atoms with van der Waals surface area (Å²) in [6.07, 6.45) is 1.04. The van der Waals surface area contributed by atoms with Crippen LogP contribution in [0.3, 0.4) is 0 Å². The van der Waals surface area contributed by atoms with E-state index in [0.29, 0.717) is 0 Å². The first-order valence-corrected chi connectivity index (χ1v) is 5.96. The number of hydrogen-bond donors (Lipinski definition) is 1. The van der Waals surface area contributed by atoms with Gasteiger partial charge in [-0.05, 0) is 28.5 Å². The normalized spacial score (nSPS) is 12.2. The maximum Gasteiger partial charge on any atom is 0.0534 e. The van der Waals surface area contributed by atoms with E-state index in [1.807, 2.05) is 6.92 Å². The van der Waals surface area contributed by atoms with E-state index in [-0.39, 0.29) is 12.0 Å². The third-order valence-electron chi connectivity index (χ3n) is 3.00. The summed E-state index contributed by atoms with van der Waals surface area (Å²) in [5.74, 6) is 1.04. The lowest BCUT2D eigenvalue weighted by atomic mass is 9.83. The minimum Gasteiger partial charge on any atom is -0.395 e. The highest BCUT2D eigenvalue weighted by molar-refractivity contribution is 5.40. The number of hydrogen-bond acceptors (Lipinski definition) is 1. The summed E-state index contributed by atoms with van der Waals surface area (Å²) in [4.78, 5) is 0. The molecule has 0 bridgehead atoms. The van der Waals surface area contributed by atoms with Crippen LogP contribution in [-0.4, -0.2) is 11.7 Å². The lowest BCUT2D eigenvalue weighted by Crippen LogP contribution is -2.13. The summed E-state index contributed by atoms with van der Waals surface area (Å²) in [6, 6.07) is 6.65. The van der Waals surface area contributed by atoms with Gasteiger partial charge in [0, 0.05) is 5.92 Å². The zero-order valence-corrected chi connectivity index (χ0v) is 11.1. The van der Waals surface area contributed by atoms with Crippen molar-refractivity contribution in [3.8, 4) is 0 Å². The van der Waals surface area contributed by atoms with Gasteiger partial charge in [-0.25, -0.2) is 0 Å². The van der Waals surface area contributed by atoms with E-state index in [2.05, 4.69) is 45.9 Å². The first-order chi connectivity index (χ1) is 7.38. The van der Waals surface area contributed by atoms with Crippen LogP contribution in [0, 0.1) is 5.92 Å². The molecule has 0 spiro atoms. The molecule has 1 N–H and O–H groups in total. The summed E-state index contributed by atoms with van der Waals surface area (Å²) in [5.41, 5.74) is 4.02. The Morgan fingerprint density at radius 2 is 1.81 bits per heavy atom. The Bertz CT molecular complexity index is 347. The highest BCUT2D eigenvalue weighted by Crippen LogP contribution is 2.27. The molecule has 0 atom stereocenters. The minimum absolute atomic E-state index is 0.136. The molecule has 89 valence electrons. The summed E-state index contributed by atoms with van der Waals surface area (Å²) < 4.78 is 0. The van der Waals surface area contributed by atoms with Crippen LogP contribution in [0.25, 0.3) is 0 Å². The highest BCUT2D eigenvalue weighted by Gasteiger charge is 2.16. The largest absolute Gasteiger partial charge is 0.395 e. The molecule has 1 aromatic carbocycles. The van der Waals surface area contributed by atoms with E-state index < -0.39 is 0 Å². The second-order valence-electron chi connectivity index (χ2n) is 5.46. The van der Waals surface area contributed by atoms with Crippen LogP contribution in [0.2, 0.25) is 0 Å². The van der Waals surface area contributed by atoms with Crippen molar-refractivity contribution in [2.45, 2.75) is 46.5 Å². The average molecular weight is 219 g/mol. The Balaban J connectivity index is 3.21. The maximum atomic E-state index is 9.21. The topological polar surface area (TPSA) is 20.2 Å².